The van der Waals surface area contributed by atoms with Crippen molar-refractivity contribution in [1.29, 1.82) is 5.26 Å². The average Bonchev–Trinajstić information content (AvgIpc) is 3.21. The number of esters is 1. The number of aromatic hydroxyl groups is 1. The normalized spacial score (nSPS) is 11.0. The molecule has 0 fully saturated rings. The number of phenolic OH excluding ortho intramolecular Hbond substituents is 1. The van der Waals surface area contributed by atoms with Crippen molar-refractivity contribution in [2.24, 2.45) is 0 Å². The number of ether oxygens (including phenoxy) is 3. The Hall–Kier alpha value is -4.25. The van der Waals surface area contributed by atoms with Gasteiger partial charge in [-0.3, -0.25) is 0 Å². The first-order valence-corrected chi connectivity index (χ1v) is 9.42. The fraction of sp³-hybridized carbons (Fsp3) is 0.174. The highest BCUT2D eigenvalue weighted by molar-refractivity contribution is 5.99. The van der Waals surface area contributed by atoms with Crippen molar-refractivity contribution < 1.29 is 24.1 Å². The molecular weight excluding hydrogens is 398 g/mol. The van der Waals surface area contributed by atoms with Crippen LogP contribution >= 0.6 is 0 Å². The van der Waals surface area contributed by atoms with Crippen LogP contribution in [-0.4, -0.2) is 41.7 Å². The zero-order valence-corrected chi connectivity index (χ0v) is 17.3. The Morgan fingerprint density at radius 2 is 1.94 bits per heavy atom. The van der Waals surface area contributed by atoms with Crippen molar-refractivity contribution in [3.05, 3.63) is 59.8 Å². The van der Waals surface area contributed by atoms with Gasteiger partial charge in [0.25, 0.3) is 0 Å². The van der Waals surface area contributed by atoms with Gasteiger partial charge in [0.2, 0.25) is 5.75 Å². The molecule has 0 radical (unpaired) electrons. The number of phenols is 1. The highest BCUT2D eigenvalue weighted by Gasteiger charge is 2.21. The number of carbonyl (C=O) groups is 1. The van der Waals surface area contributed by atoms with E-state index in [4.69, 9.17) is 14.2 Å². The van der Waals surface area contributed by atoms with Crippen molar-refractivity contribution in [2.45, 2.75) is 6.92 Å². The van der Waals surface area contributed by atoms with E-state index < -0.39 is 5.97 Å². The predicted octanol–water partition coefficient (Wildman–Crippen LogP) is 3.73. The second kappa shape index (κ2) is 9.50. The summed E-state index contributed by atoms with van der Waals surface area (Å²) < 4.78 is 17.1. The van der Waals surface area contributed by atoms with Crippen molar-refractivity contribution in [1.82, 2.24) is 9.78 Å². The lowest BCUT2D eigenvalue weighted by molar-refractivity contribution is -0.137. The zero-order valence-electron chi connectivity index (χ0n) is 17.3. The number of hydrogen-bond donors (Lipinski definition) is 1. The SMILES string of the molecule is CCOC(=O)C(C#N)=Cc1cn(-c2ccccc2)nc1-c1ccc(OC)c(OC)c1O. The maximum Gasteiger partial charge on any atom is 0.348 e. The molecule has 8 heteroatoms. The summed E-state index contributed by atoms with van der Waals surface area (Å²) >= 11 is 0. The molecule has 1 aromatic heterocycles. The Labute approximate surface area is 179 Å². The number of para-hydroxylation sites is 1. The van der Waals surface area contributed by atoms with Gasteiger partial charge in [-0.05, 0) is 37.3 Å². The molecule has 3 rings (SSSR count). The van der Waals surface area contributed by atoms with Crippen LogP contribution in [0.4, 0.5) is 0 Å². The molecule has 8 nitrogen and oxygen atoms in total. The maximum absolute atomic E-state index is 12.1. The molecule has 158 valence electrons. The Bertz CT molecular complexity index is 1160. The summed E-state index contributed by atoms with van der Waals surface area (Å²) in [5.41, 5.74) is 1.71. The van der Waals surface area contributed by atoms with Crippen LogP contribution in [0.2, 0.25) is 0 Å². The predicted molar refractivity (Wildman–Crippen MR) is 114 cm³/mol. The van der Waals surface area contributed by atoms with Gasteiger partial charge in [-0.1, -0.05) is 18.2 Å². The molecule has 0 bridgehead atoms. The lowest BCUT2D eigenvalue weighted by atomic mass is 10.0. The number of rotatable bonds is 7. The third-order valence-corrected chi connectivity index (χ3v) is 4.45. The van der Waals surface area contributed by atoms with Gasteiger partial charge in [0.15, 0.2) is 11.5 Å². The maximum atomic E-state index is 12.1. The van der Waals surface area contributed by atoms with Gasteiger partial charge in [0, 0.05) is 17.3 Å². The highest BCUT2D eigenvalue weighted by atomic mass is 16.5. The molecule has 0 spiro atoms. The molecule has 0 amide bonds. The van der Waals surface area contributed by atoms with Gasteiger partial charge in [-0.2, -0.15) is 10.4 Å². The standard InChI is InChI=1S/C23H21N3O5/c1-4-31-23(28)15(13-24)12-16-14-26(17-8-6-5-7-9-17)25-20(16)18-10-11-19(29-2)22(30-3)21(18)27/h5-12,14,27H,4H2,1-3H3. The number of benzene rings is 2. The zero-order chi connectivity index (χ0) is 22.4. The van der Waals surface area contributed by atoms with E-state index in [1.165, 1.54) is 20.3 Å². The van der Waals surface area contributed by atoms with Crippen molar-refractivity contribution in [3.63, 3.8) is 0 Å². The molecular formula is C23H21N3O5. The topological polar surface area (TPSA) is 107 Å². The minimum Gasteiger partial charge on any atom is -0.504 e. The molecule has 0 aliphatic heterocycles. The quantitative estimate of drug-likeness (QED) is 0.353. The summed E-state index contributed by atoms with van der Waals surface area (Å²) in [6.07, 6.45) is 3.05. The summed E-state index contributed by atoms with van der Waals surface area (Å²) in [4.78, 5) is 12.1. The second-order valence-corrected chi connectivity index (χ2v) is 6.30. The van der Waals surface area contributed by atoms with Gasteiger partial charge in [-0.15, -0.1) is 0 Å². The van der Waals surface area contributed by atoms with E-state index in [2.05, 4.69) is 5.10 Å². The summed E-state index contributed by atoms with van der Waals surface area (Å²) in [5, 5.41) is 24.8. The minimum atomic E-state index is -0.736. The van der Waals surface area contributed by atoms with Crippen LogP contribution in [0.3, 0.4) is 0 Å². The highest BCUT2D eigenvalue weighted by Crippen LogP contribution is 2.44. The van der Waals surface area contributed by atoms with Gasteiger partial charge in [0.05, 0.1) is 26.5 Å². The van der Waals surface area contributed by atoms with E-state index in [0.717, 1.165) is 5.69 Å². The van der Waals surface area contributed by atoms with Gasteiger partial charge < -0.3 is 19.3 Å². The van der Waals surface area contributed by atoms with Gasteiger partial charge in [0.1, 0.15) is 17.3 Å². The lowest BCUT2D eigenvalue weighted by Gasteiger charge is -2.12. The molecule has 31 heavy (non-hydrogen) atoms. The summed E-state index contributed by atoms with van der Waals surface area (Å²) in [5.74, 6) is -0.410. The van der Waals surface area contributed by atoms with Crippen LogP contribution in [0, 0.1) is 11.3 Å². The Morgan fingerprint density at radius 3 is 2.55 bits per heavy atom. The number of hydrogen-bond acceptors (Lipinski definition) is 7. The molecule has 1 N–H and O–H groups in total. The number of aromatic nitrogens is 2. The molecule has 0 aliphatic carbocycles. The number of nitrogens with zero attached hydrogens (tertiary/aromatic N) is 3. The van der Waals surface area contributed by atoms with Crippen LogP contribution in [0.5, 0.6) is 17.2 Å². The number of carbonyl (C=O) groups excluding carboxylic acids is 1. The molecule has 0 saturated carbocycles. The van der Waals surface area contributed by atoms with Crippen molar-refractivity contribution >= 4 is 12.0 Å². The Kier molecular flexibility index (Phi) is 6.58. The Morgan fingerprint density at radius 1 is 1.19 bits per heavy atom. The first-order valence-electron chi connectivity index (χ1n) is 9.42. The molecule has 0 unspecified atom stereocenters. The van der Waals surface area contributed by atoms with Crippen LogP contribution < -0.4 is 9.47 Å². The minimum absolute atomic E-state index is 0.143. The van der Waals surface area contributed by atoms with E-state index in [0.29, 0.717) is 22.6 Å². The van der Waals surface area contributed by atoms with E-state index in [1.807, 2.05) is 36.4 Å². The molecule has 2 aromatic carbocycles. The largest absolute Gasteiger partial charge is 0.504 e. The average molecular weight is 419 g/mol. The smallest absolute Gasteiger partial charge is 0.348 e. The molecule has 0 aliphatic rings. The fourth-order valence-electron chi connectivity index (χ4n) is 3.02. The number of methoxy groups -OCH3 is 2. The third kappa shape index (κ3) is 4.36. The monoisotopic (exact) mass is 419 g/mol. The second-order valence-electron chi connectivity index (χ2n) is 6.30. The van der Waals surface area contributed by atoms with Crippen LogP contribution in [0.15, 0.2) is 54.2 Å². The van der Waals surface area contributed by atoms with E-state index in [1.54, 1.807) is 29.9 Å². The van der Waals surface area contributed by atoms with E-state index >= 15 is 0 Å². The van der Waals surface area contributed by atoms with Gasteiger partial charge >= 0.3 is 5.97 Å². The molecule has 1 heterocycles. The van der Waals surface area contributed by atoms with Crippen molar-refractivity contribution in [2.75, 3.05) is 20.8 Å². The molecule has 0 saturated heterocycles. The summed E-state index contributed by atoms with van der Waals surface area (Å²) in [6.45, 7) is 1.80. The van der Waals surface area contributed by atoms with Crippen LogP contribution in [0.1, 0.15) is 12.5 Å². The first kappa shape index (κ1) is 21.5. The van der Waals surface area contributed by atoms with Crippen LogP contribution in [0.25, 0.3) is 23.0 Å². The van der Waals surface area contributed by atoms with Gasteiger partial charge in [-0.25, -0.2) is 9.48 Å². The number of nitriles is 1. The van der Waals surface area contributed by atoms with Crippen molar-refractivity contribution in [3.8, 4) is 40.3 Å². The fourth-order valence-corrected chi connectivity index (χ4v) is 3.02. The lowest BCUT2D eigenvalue weighted by Crippen LogP contribution is -2.06. The summed E-state index contributed by atoms with van der Waals surface area (Å²) in [7, 11) is 2.88. The third-order valence-electron chi connectivity index (χ3n) is 4.45. The van der Waals surface area contributed by atoms with E-state index in [9.17, 15) is 15.2 Å². The van der Waals surface area contributed by atoms with Crippen LogP contribution in [-0.2, 0) is 9.53 Å². The molecule has 3 aromatic rings. The first-order chi connectivity index (χ1) is 15.0. The summed E-state index contributed by atoms with van der Waals surface area (Å²) in [6, 6.07) is 14.4. The Balaban J connectivity index is 2.23. The van der Waals surface area contributed by atoms with E-state index in [-0.39, 0.29) is 23.7 Å². The molecule has 0 atom stereocenters.